The number of nitrogens with zero attached hydrogens (tertiary/aromatic N) is 2. The number of aromatic nitrogens is 2. The molecule has 4 rings (SSSR count). The molecule has 0 atom stereocenters. The quantitative estimate of drug-likeness (QED) is 0.411. The van der Waals surface area contributed by atoms with E-state index in [1.54, 1.807) is 6.20 Å². The molecule has 3 nitrogen and oxygen atoms in total. The van der Waals surface area contributed by atoms with E-state index in [0.29, 0.717) is 5.82 Å². The Balaban J connectivity index is 1.71. The lowest BCUT2D eigenvalue weighted by Gasteiger charge is -2.09. The van der Waals surface area contributed by atoms with Gasteiger partial charge in [0.15, 0.2) is 0 Å². The number of nitrogens with two attached hydrogens (primary N) is 1. The van der Waals surface area contributed by atoms with E-state index in [9.17, 15) is 0 Å². The zero-order valence-corrected chi connectivity index (χ0v) is 16.7. The maximum Gasteiger partial charge on any atom is 0.126 e. The van der Waals surface area contributed by atoms with Gasteiger partial charge in [-0.3, -0.25) is 0 Å². The van der Waals surface area contributed by atoms with E-state index in [2.05, 4.69) is 83.9 Å². The van der Waals surface area contributed by atoms with E-state index >= 15 is 0 Å². The minimum absolute atomic E-state index is 0.637. The maximum atomic E-state index is 5.97. The van der Waals surface area contributed by atoms with Crippen molar-refractivity contribution in [2.75, 3.05) is 5.73 Å². The zero-order chi connectivity index (χ0) is 17.4. The average molecular weight is 459 g/mol. The summed E-state index contributed by atoms with van der Waals surface area (Å²) in [5, 5.41) is 2.54. The van der Waals surface area contributed by atoms with Gasteiger partial charge >= 0.3 is 0 Å². The molecule has 25 heavy (non-hydrogen) atoms. The van der Waals surface area contributed by atoms with Crippen molar-refractivity contribution in [1.82, 2.24) is 9.55 Å². The normalized spacial score (nSPS) is 11.4. The number of hydrogen-bond donors (Lipinski definition) is 1. The lowest BCUT2D eigenvalue weighted by atomic mass is 10.1. The topological polar surface area (TPSA) is 43.8 Å². The van der Waals surface area contributed by atoms with Crippen molar-refractivity contribution in [3.05, 3.63) is 69.2 Å². The monoisotopic (exact) mass is 457 g/mol. The van der Waals surface area contributed by atoms with Crippen LogP contribution in [0.25, 0.3) is 21.8 Å². The van der Waals surface area contributed by atoms with E-state index in [1.807, 2.05) is 6.07 Å². The molecule has 0 aliphatic carbocycles. The summed E-state index contributed by atoms with van der Waals surface area (Å²) in [5.41, 5.74) is 9.60. The van der Waals surface area contributed by atoms with Crippen molar-refractivity contribution >= 4 is 59.5 Å². The highest BCUT2D eigenvalue weighted by Crippen LogP contribution is 2.33. The molecular weight excluding hydrogens is 442 g/mol. The maximum absolute atomic E-state index is 5.97. The summed E-state index contributed by atoms with van der Waals surface area (Å²) in [5.74, 6) is 0.637. The number of halogens is 2. The van der Waals surface area contributed by atoms with Crippen LogP contribution in [0.1, 0.15) is 12.0 Å². The largest absolute Gasteiger partial charge is 0.383 e. The number of aryl methyl sites for hydroxylation is 2. The molecule has 2 aromatic heterocycles. The molecule has 4 aromatic rings. The third-order valence-electron chi connectivity index (χ3n) is 4.54. The number of hydrogen-bond acceptors (Lipinski definition) is 2. The van der Waals surface area contributed by atoms with Crippen molar-refractivity contribution in [1.29, 1.82) is 0 Å². The Morgan fingerprint density at radius 3 is 2.16 bits per heavy atom. The summed E-state index contributed by atoms with van der Waals surface area (Å²) in [6, 6.07) is 17.0. The van der Waals surface area contributed by atoms with Crippen LogP contribution in [0.4, 0.5) is 5.82 Å². The molecule has 0 amide bonds. The Kier molecular flexibility index (Phi) is 4.52. The first-order valence-corrected chi connectivity index (χ1v) is 9.78. The summed E-state index contributed by atoms with van der Waals surface area (Å²) in [6.07, 6.45) is 3.68. The first kappa shape index (κ1) is 16.6. The Morgan fingerprint density at radius 2 is 1.56 bits per heavy atom. The molecule has 126 valence electrons. The molecule has 0 radical (unpaired) electrons. The van der Waals surface area contributed by atoms with Gasteiger partial charge in [-0.1, -0.05) is 37.9 Å². The lowest BCUT2D eigenvalue weighted by molar-refractivity contribution is 0.678. The van der Waals surface area contributed by atoms with E-state index in [4.69, 9.17) is 5.73 Å². The molecular formula is C20H17Br2N3. The molecule has 0 saturated heterocycles. The molecule has 0 aliphatic heterocycles. The highest BCUT2D eigenvalue weighted by atomic mass is 79.9. The Bertz CT molecular complexity index is 1010. The minimum atomic E-state index is 0.637. The van der Waals surface area contributed by atoms with Crippen LogP contribution in [0.15, 0.2) is 63.7 Å². The second kappa shape index (κ2) is 6.81. The molecule has 0 saturated carbocycles. The summed E-state index contributed by atoms with van der Waals surface area (Å²) in [4.78, 5) is 4.17. The molecule has 0 aliphatic rings. The molecule has 0 spiro atoms. The lowest BCUT2D eigenvalue weighted by Crippen LogP contribution is -2.02. The molecule has 0 fully saturated rings. The summed E-state index contributed by atoms with van der Waals surface area (Å²) < 4.78 is 4.60. The van der Waals surface area contributed by atoms with E-state index in [1.165, 1.54) is 21.8 Å². The van der Waals surface area contributed by atoms with Crippen LogP contribution in [-0.2, 0) is 13.0 Å². The molecule has 0 bridgehead atoms. The van der Waals surface area contributed by atoms with E-state index < -0.39 is 0 Å². The number of rotatable bonds is 4. The molecule has 2 aromatic carbocycles. The predicted molar refractivity (Wildman–Crippen MR) is 112 cm³/mol. The van der Waals surface area contributed by atoms with Gasteiger partial charge < -0.3 is 10.3 Å². The third kappa shape index (κ3) is 3.18. The first-order chi connectivity index (χ1) is 12.1. The number of anilines is 1. The first-order valence-electron chi connectivity index (χ1n) is 8.20. The minimum Gasteiger partial charge on any atom is -0.383 e. The van der Waals surface area contributed by atoms with Crippen LogP contribution in [0.5, 0.6) is 0 Å². The van der Waals surface area contributed by atoms with Crippen molar-refractivity contribution in [3.63, 3.8) is 0 Å². The zero-order valence-electron chi connectivity index (χ0n) is 13.5. The number of benzene rings is 2. The highest BCUT2D eigenvalue weighted by molar-refractivity contribution is 9.10. The molecule has 0 unspecified atom stereocenters. The number of fused-ring (bicyclic) bond motifs is 3. The van der Waals surface area contributed by atoms with Crippen LogP contribution < -0.4 is 5.73 Å². The number of nitrogen functional groups attached to an aromatic ring is 1. The van der Waals surface area contributed by atoms with Gasteiger partial charge in [0.2, 0.25) is 0 Å². The van der Waals surface area contributed by atoms with Gasteiger partial charge in [-0.05, 0) is 60.9 Å². The SMILES string of the molecule is Nc1ncccc1CCCn1c2ccc(Br)cc2c2cc(Br)ccc21. The van der Waals surface area contributed by atoms with Crippen LogP contribution in [0.2, 0.25) is 0 Å². The van der Waals surface area contributed by atoms with Gasteiger partial charge in [0.25, 0.3) is 0 Å². The summed E-state index contributed by atoms with van der Waals surface area (Å²) in [7, 11) is 0. The highest BCUT2D eigenvalue weighted by Gasteiger charge is 2.11. The molecule has 2 N–H and O–H groups in total. The standard InChI is InChI=1S/C20H17Br2N3/c21-14-5-7-18-16(11-14)17-12-15(22)6-8-19(17)25(18)10-2-4-13-3-1-9-24-20(13)23/h1,3,5-9,11-12H,2,4,10H2,(H2,23,24). The Hall–Kier alpha value is -1.85. The second-order valence-electron chi connectivity index (χ2n) is 6.13. The second-order valence-corrected chi connectivity index (χ2v) is 7.96. The van der Waals surface area contributed by atoms with Gasteiger partial charge in [0.1, 0.15) is 5.82 Å². The predicted octanol–water partition coefficient (Wildman–Crippen LogP) is 5.93. The molecule has 2 heterocycles. The van der Waals surface area contributed by atoms with Crippen LogP contribution in [0, 0.1) is 0 Å². The summed E-state index contributed by atoms with van der Waals surface area (Å²) in [6.45, 7) is 0.942. The van der Waals surface area contributed by atoms with Gasteiger partial charge in [-0.15, -0.1) is 0 Å². The van der Waals surface area contributed by atoms with Gasteiger partial charge in [-0.2, -0.15) is 0 Å². The van der Waals surface area contributed by atoms with Gasteiger partial charge in [-0.25, -0.2) is 4.98 Å². The third-order valence-corrected chi connectivity index (χ3v) is 5.53. The fraction of sp³-hybridized carbons (Fsp3) is 0.150. The average Bonchev–Trinajstić information content (AvgIpc) is 2.89. The van der Waals surface area contributed by atoms with Crippen LogP contribution in [0.3, 0.4) is 0 Å². The van der Waals surface area contributed by atoms with Gasteiger partial charge in [0, 0.05) is 43.5 Å². The fourth-order valence-corrected chi connectivity index (χ4v) is 4.10. The van der Waals surface area contributed by atoms with Crippen molar-refractivity contribution in [3.8, 4) is 0 Å². The molecule has 5 heteroatoms. The van der Waals surface area contributed by atoms with Crippen LogP contribution in [-0.4, -0.2) is 9.55 Å². The summed E-state index contributed by atoms with van der Waals surface area (Å²) >= 11 is 7.19. The van der Waals surface area contributed by atoms with Crippen LogP contribution >= 0.6 is 31.9 Å². The van der Waals surface area contributed by atoms with Crippen molar-refractivity contribution in [2.24, 2.45) is 0 Å². The van der Waals surface area contributed by atoms with Gasteiger partial charge in [0.05, 0.1) is 0 Å². The smallest absolute Gasteiger partial charge is 0.126 e. The Labute approximate surface area is 163 Å². The van der Waals surface area contributed by atoms with Crippen molar-refractivity contribution < 1.29 is 0 Å². The van der Waals surface area contributed by atoms with Crippen molar-refractivity contribution in [2.45, 2.75) is 19.4 Å². The fourth-order valence-electron chi connectivity index (χ4n) is 3.38. The van der Waals surface area contributed by atoms with E-state index in [-0.39, 0.29) is 0 Å². The van der Waals surface area contributed by atoms with E-state index in [0.717, 1.165) is 33.9 Å². The Morgan fingerprint density at radius 1 is 0.920 bits per heavy atom. The number of pyridine rings is 1.